The van der Waals surface area contributed by atoms with E-state index in [1.54, 1.807) is 24.3 Å². The minimum Gasteiger partial charge on any atom is -0.294 e. The zero-order valence-corrected chi connectivity index (χ0v) is 16.6. The van der Waals surface area contributed by atoms with E-state index in [9.17, 15) is 31.1 Å². The van der Waals surface area contributed by atoms with E-state index in [-0.39, 0.29) is 12.6 Å². The van der Waals surface area contributed by atoms with Gasteiger partial charge in [-0.05, 0) is 36.6 Å². The van der Waals surface area contributed by atoms with Crippen molar-refractivity contribution >= 4 is 12.0 Å². The van der Waals surface area contributed by atoms with Crippen LogP contribution in [0.4, 0.5) is 26.3 Å². The largest absolute Gasteiger partial charge is 0.435 e. The lowest BCUT2D eigenvalue weighted by Crippen LogP contribution is -2.34. The van der Waals surface area contributed by atoms with E-state index in [0.29, 0.717) is 36.2 Å². The van der Waals surface area contributed by atoms with Crippen molar-refractivity contribution in [2.24, 2.45) is 0 Å². The molecule has 0 bridgehead atoms. The van der Waals surface area contributed by atoms with Gasteiger partial charge in [0, 0.05) is 24.7 Å². The Hall–Kier alpha value is -2.86. The standard InChI is InChI=1S/C20H20F6N4O2/c21-19(22,23)16-10-17(20(24,25)26)30(27-16)12-15-2-1-9-29(15)11-14-5-3-13(4-6-14)7-8-18(31)28-32/h3-8,10,15,32H,1-2,9,11-12H2,(H,28,31)/t15-/m1/s1. The third kappa shape index (κ3) is 5.88. The number of hydroxylamine groups is 1. The number of likely N-dealkylation sites (tertiary alicyclic amines) is 1. The van der Waals surface area contributed by atoms with Crippen molar-refractivity contribution in [2.45, 2.75) is 44.3 Å². The van der Waals surface area contributed by atoms with E-state index >= 15 is 0 Å². The third-order valence-electron chi connectivity index (χ3n) is 5.15. The molecule has 0 unspecified atom stereocenters. The molecule has 0 spiro atoms. The summed E-state index contributed by atoms with van der Waals surface area (Å²) in [5, 5.41) is 11.7. The van der Waals surface area contributed by atoms with Crippen LogP contribution in [0.15, 0.2) is 36.4 Å². The molecule has 12 heteroatoms. The molecule has 3 rings (SSSR count). The second-order valence-corrected chi connectivity index (χ2v) is 7.41. The summed E-state index contributed by atoms with van der Waals surface area (Å²) in [6, 6.07) is 6.66. The molecule has 1 aliphatic rings. The van der Waals surface area contributed by atoms with Gasteiger partial charge in [-0.2, -0.15) is 31.4 Å². The fraction of sp³-hybridized carbons (Fsp3) is 0.400. The molecule has 2 N–H and O–H groups in total. The van der Waals surface area contributed by atoms with Crippen molar-refractivity contribution in [3.05, 3.63) is 58.9 Å². The maximum atomic E-state index is 13.3. The van der Waals surface area contributed by atoms with Crippen LogP contribution in [0, 0.1) is 0 Å². The van der Waals surface area contributed by atoms with E-state index < -0.39 is 35.7 Å². The Kier molecular flexibility index (Phi) is 6.94. The van der Waals surface area contributed by atoms with Gasteiger partial charge >= 0.3 is 12.4 Å². The van der Waals surface area contributed by atoms with E-state index in [4.69, 9.17) is 5.21 Å². The van der Waals surface area contributed by atoms with E-state index in [1.165, 1.54) is 11.6 Å². The van der Waals surface area contributed by atoms with Crippen molar-refractivity contribution in [1.29, 1.82) is 0 Å². The number of nitrogens with one attached hydrogen (secondary N) is 1. The Bertz CT molecular complexity index is 966. The van der Waals surface area contributed by atoms with Gasteiger partial charge in [-0.15, -0.1) is 0 Å². The predicted molar refractivity (Wildman–Crippen MR) is 101 cm³/mol. The monoisotopic (exact) mass is 462 g/mol. The number of amides is 1. The van der Waals surface area contributed by atoms with Crippen LogP contribution in [0.3, 0.4) is 0 Å². The van der Waals surface area contributed by atoms with Gasteiger partial charge in [0.25, 0.3) is 5.91 Å². The summed E-state index contributed by atoms with van der Waals surface area (Å²) in [7, 11) is 0. The van der Waals surface area contributed by atoms with Gasteiger partial charge in [0.05, 0.1) is 6.54 Å². The van der Waals surface area contributed by atoms with Crippen LogP contribution in [0.2, 0.25) is 0 Å². The predicted octanol–water partition coefficient (Wildman–Crippen LogP) is 4.10. The molecular formula is C20H20F6N4O2. The van der Waals surface area contributed by atoms with Gasteiger partial charge in [0.15, 0.2) is 5.69 Å². The molecule has 1 saturated heterocycles. The number of hydrogen-bond acceptors (Lipinski definition) is 4. The van der Waals surface area contributed by atoms with Gasteiger partial charge in [-0.25, -0.2) is 5.48 Å². The van der Waals surface area contributed by atoms with Gasteiger partial charge in [-0.1, -0.05) is 24.3 Å². The van der Waals surface area contributed by atoms with Crippen LogP contribution in [-0.2, 0) is 30.2 Å². The van der Waals surface area contributed by atoms with Gasteiger partial charge in [-0.3, -0.25) is 19.6 Å². The van der Waals surface area contributed by atoms with Crippen molar-refractivity contribution in [1.82, 2.24) is 20.2 Å². The summed E-state index contributed by atoms with van der Waals surface area (Å²) < 4.78 is 78.9. The normalized spacial score (nSPS) is 17.9. The molecule has 2 heterocycles. The number of carbonyl (C=O) groups is 1. The van der Waals surface area contributed by atoms with Crippen LogP contribution in [0.1, 0.15) is 35.4 Å². The van der Waals surface area contributed by atoms with Crippen molar-refractivity contribution in [3.63, 3.8) is 0 Å². The van der Waals surface area contributed by atoms with Gasteiger partial charge in [0.2, 0.25) is 0 Å². The molecule has 0 radical (unpaired) electrons. The first-order chi connectivity index (χ1) is 15.0. The molecule has 1 fully saturated rings. The Balaban J connectivity index is 1.72. The lowest BCUT2D eigenvalue weighted by Gasteiger charge is -2.25. The Morgan fingerprint density at radius 2 is 1.84 bits per heavy atom. The summed E-state index contributed by atoms with van der Waals surface area (Å²) in [6.07, 6.45) is -6.04. The highest BCUT2D eigenvalue weighted by molar-refractivity contribution is 5.90. The number of alkyl halides is 6. The molecule has 174 valence electrons. The lowest BCUT2D eigenvalue weighted by molar-refractivity contribution is -0.144. The van der Waals surface area contributed by atoms with Gasteiger partial charge in [0.1, 0.15) is 5.69 Å². The topological polar surface area (TPSA) is 70.4 Å². The summed E-state index contributed by atoms with van der Waals surface area (Å²) in [5.74, 6) is -0.681. The fourth-order valence-electron chi connectivity index (χ4n) is 3.61. The average molecular weight is 462 g/mol. The fourth-order valence-corrected chi connectivity index (χ4v) is 3.61. The number of halogens is 6. The number of carbonyl (C=O) groups excluding carboxylic acids is 1. The van der Waals surface area contributed by atoms with Crippen LogP contribution in [0.25, 0.3) is 6.08 Å². The molecule has 1 amide bonds. The van der Waals surface area contributed by atoms with Crippen LogP contribution in [-0.4, -0.2) is 38.4 Å². The first kappa shape index (κ1) is 23.8. The second-order valence-electron chi connectivity index (χ2n) is 7.41. The highest BCUT2D eigenvalue weighted by atomic mass is 19.4. The highest BCUT2D eigenvalue weighted by Crippen LogP contribution is 2.36. The zero-order chi connectivity index (χ0) is 23.5. The van der Waals surface area contributed by atoms with E-state index in [0.717, 1.165) is 11.6 Å². The maximum absolute atomic E-state index is 13.3. The number of nitrogens with zero attached hydrogens (tertiary/aromatic N) is 3. The second kappa shape index (κ2) is 9.33. The van der Waals surface area contributed by atoms with Crippen molar-refractivity contribution < 1.29 is 36.3 Å². The number of rotatable bonds is 6. The van der Waals surface area contributed by atoms with E-state index in [2.05, 4.69) is 5.10 Å². The first-order valence-electron chi connectivity index (χ1n) is 9.65. The molecule has 0 saturated carbocycles. The zero-order valence-electron chi connectivity index (χ0n) is 16.6. The number of aromatic nitrogens is 2. The summed E-state index contributed by atoms with van der Waals surface area (Å²) >= 11 is 0. The Morgan fingerprint density at radius 1 is 1.16 bits per heavy atom. The molecule has 32 heavy (non-hydrogen) atoms. The van der Waals surface area contributed by atoms with Crippen LogP contribution < -0.4 is 5.48 Å². The van der Waals surface area contributed by atoms with Crippen molar-refractivity contribution in [2.75, 3.05) is 6.54 Å². The van der Waals surface area contributed by atoms with Crippen LogP contribution in [0.5, 0.6) is 0 Å². The highest BCUT2D eigenvalue weighted by Gasteiger charge is 2.42. The molecule has 1 aliphatic heterocycles. The molecule has 2 aromatic rings. The molecule has 6 nitrogen and oxygen atoms in total. The molecule has 1 atom stereocenters. The smallest absolute Gasteiger partial charge is 0.294 e. The van der Waals surface area contributed by atoms with E-state index in [1.807, 2.05) is 4.90 Å². The molecular weight excluding hydrogens is 442 g/mol. The third-order valence-corrected chi connectivity index (χ3v) is 5.15. The average Bonchev–Trinajstić information content (AvgIpc) is 3.34. The minimum atomic E-state index is -4.96. The maximum Gasteiger partial charge on any atom is 0.435 e. The first-order valence-corrected chi connectivity index (χ1v) is 9.65. The summed E-state index contributed by atoms with van der Waals surface area (Å²) in [6.45, 7) is 0.695. The SMILES string of the molecule is O=C(C=Cc1ccc(CN2CCC[C@@H]2Cn2nc(C(F)(F)F)cc2C(F)(F)F)cc1)NO. The summed E-state index contributed by atoms with van der Waals surface area (Å²) in [5.41, 5.74) is 0.0417. The van der Waals surface area contributed by atoms with Crippen LogP contribution >= 0.6 is 0 Å². The minimum absolute atomic E-state index is 0.0442. The number of benzene rings is 1. The van der Waals surface area contributed by atoms with Gasteiger partial charge < -0.3 is 0 Å². The molecule has 1 aromatic heterocycles. The summed E-state index contributed by atoms with van der Waals surface area (Å²) in [4.78, 5) is 12.9. The quantitative estimate of drug-likeness (QED) is 0.294. The Morgan fingerprint density at radius 3 is 2.44 bits per heavy atom. The Labute approximate surface area is 179 Å². The molecule has 1 aromatic carbocycles. The van der Waals surface area contributed by atoms with Crippen molar-refractivity contribution in [3.8, 4) is 0 Å². The lowest BCUT2D eigenvalue weighted by atomic mass is 10.1. The molecule has 0 aliphatic carbocycles. The number of hydrogen-bond donors (Lipinski definition) is 2.